The van der Waals surface area contributed by atoms with Crippen molar-refractivity contribution >= 4 is 5.91 Å². The zero-order chi connectivity index (χ0) is 17.1. The molecule has 1 aromatic carbocycles. The first kappa shape index (κ1) is 16.6. The Bertz CT molecular complexity index is 758. The van der Waals surface area contributed by atoms with Gasteiger partial charge in [0.2, 0.25) is 0 Å². The van der Waals surface area contributed by atoms with Crippen molar-refractivity contribution in [3.8, 4) is 5.69 Å². The van der Waals surface area contributed by atoms with Crippen molar-refractivity contribution in [2.45, 2.75) is 52.0 Å². The molecule has 2 heterocycles. The van der Waals surface area contributed by atoms with Gasteiger partial charge < -0.3 is 4.90 Å². The van der Waals surface area contributed by atoms with Crippen LogP contribution in [0.3, 0.4) is 0 Å². The number of amides is 1. The summed E-state index contributed by atoms with van der Waals surface area (Å²) in [4.78, 5) is 27.2. The highest BCUT2D eigenvalue weighted by Crippen LogP contribution is 2.21. The fourth-order valence-electron chi connectivity index (χ4n) is 3.41. The number of nitrogens with zero attached hydrogens (tertiary/aromatic N) is 2. The maximum Gasteiger partial charge on any atom is 0.272 e. The monoisotopic (exact) mass is 327 g/mol. The fourth-order valence-corrected chi connectivity index (χ4v) is 3.41. The van der Waals surface area contributed by atoms with E-state index in [1.807, 2.05) is 36.1 Å². The Morgan fingerprint density at radius 2 is 1.96 bits per heavy atom. The highest BCUT2D eigenvalue weighted by Gasteiger charge is 2.26. The molecule has 1 saturated heterocycles. The number of aromatic nitrogens is 2. The van der Waals surface area contributed by atoms with Crippen LogP contribution in [0.25, 0.3) is 5.69 Å². The molecule has 1 aliphatic rings. The van der Waals surface area contributed by atoms with Crippen LogP contribution in [0.15, 0.2) is 35.1 Å². The Balaban J connectivity index is 1.89. The van der Waals surface area contributed by atoms with E-state index in [0.717, 1.165) is 37.1 Å². The first-order valence-corrected chi connectivity index (χ1v) is 8.80. The molecule has 0 unspecified atom stereocenters. The summed E-state index contributed by atoms with van der Waals surface area (Å²) in [5.74, 6) is -0.0632. The van der Waals surface area contributed by atoms with Gasteiger partial charge >= 0.3 is 0 Å². The Labute approximate surface area is 142 Å². The third kappa shape index (κ3) is 3.30. The summed E-state index contributed by atoms with van der Waals surface area (Å²) in [5.41, 5.74) is 2.04. The summed E-state index contributed by atoms with van der Waals surface area (Å²) in [6.07, 6.45) is 5.37. The number of hydrogen-bond acceptors (Lipinski definition) is 2. The summed E-state index contributed by atoms with van der Waals surface area (Å²) in [6, 6.07) is 9.34. The van der Waals surface area contributed by atoms with Gasteiger partial charge in [-0.3, -0.25) is 14.7 Å². The van der Waals surface area contributed by atoms with Gasteiger partial charge in [0, 0.05) is 18.7 Å². The van der Waals surface area contributed by atoms with Crippen LogP contribution < -0.4 is 5.56 Å². The predicted molar refractivity (Wildman–Crippen MR) is 94.7 cm³/mol. The van der Waals surface area contributed by atoms with Crippen LogP contribution in [0.5, 0.6) is 0 Å². The van der Waals surface area contributed by atoms with Crippen LogP contribution in [0.1, 0.15) is 55.1 Å². The van der Waals surface area contributed by atoms with Crippen LogP contribution in [-0.2, 0) is 0 Å². The van der Waals surface area contributed by atoms with Crippen LogP contribution >= 0.6 is 0 Å². The van der Waals surface area contributed by atoms with Crippen molar-refractivity contribution in [3.63, 3.8) is 0 Å². The second-order valence-corrected chi connectivity index (χ2v) is 6.59. The summed E-state index contributed by atoms with van der Waals surface area (Å²) in [5, 5.41) is 2.99. The smallest absolute Gasteiger partial charge is 0.272 e. The molecule has 1 amide bonds. The van der Waals surface area contributed by atoms with E-state index in [1.165, 1.54) is 23.6 Å². The van der Waals surface area contributed by atoms with Crippen molar-refractivity contribution in [3.05, 3.63) is 51.9 Å². The van der Waals surface area contributed by atoms with E-state index in [9.17, 15) is 9.59 Å². The highest BCUT2D eigenvalue weighted by atomic mass is 16.2. The molecule has 0 bridgehead atoms. The lowest BCUT2D eigenvalue weighted by molar-refractivity contribution is 0.0671. The molecule has 1 aromatic heterocycles. The zero-order valence-electron chi connectivity index (χ0n) is 14.4. The van der Waals surface area contributed by atoms with Gasteiger partial charge in [0.15, 0.2) is 0 Å². The number of rotatable bonds is 3. The molecule has 0 saturated carbocycles. The molecule has 1 N–H and O–H groups in total. The van der Waals surface area contributed by atoms with E-state index in [2.05, 4.69) is 12.0 Å². The van der Waals surface area contributed by atoms with E-state index in [1.54, 1.807) is 0 Å². The van der Waals surface area contributed by atoms with E-state index in [4.69, 9.17) is 0 Å². The average molecular weight is 327 g/mol. The number of carbonyl (C=O) groups is 1. The average Bonchev–Trinajstić information content (AvgIpc) is 2.82. The molecule has 24 heavy (non-hydrogen) atoms. The minimum Gasteiger partial charge on any atom is -0.334 e. The lowest BCUT2D eigenvalue weighted by Crippen LogP contribution is -2.39. The molecule has 0 aliphatic carbocycles. The van der Waals surface area contributed by atoms with Crippen LogP contribution in [-0.4, -0.2) is 33.2 Å². The van der Waals surface area contributed by atoms with Crippen molar-refractivity contribution in [1.29, 1.82) is 0 Å². The number of H-pyrrole nitrogens is 1. The molecule has 2 aromatic rings. The topological polar surface area (TPSA) is 58.1 Å². The highest BCUT2D eigenvalue weighted by molar-refractivity contribution is 5.92. The Kier molecular flexibility index (Phi) is 4.88. The first-order valence-electron chi connectivity index (χ1n) is 8.80. The number of hydrogen-bond donors (Lipinski definition) is 1. The summed E-state index contributed by atoms with van der Waals surface area (Å²) in [7, 11) is 0. The predicted octanol–water partition coefficient (Wildman–Crippen LogP) is 3.27. The van der Waals surface area contributed by atoms with Gasteiger partial charge in [0.1, 0.15) is 5.69 Å². The largest absolute Gasteiger partial charge is 0.334 e. The number of benzene rings is 1. The van der Waals surface area contributed by atoms with Gasteiger partial charge in [-0.15, -0.1) is 0 Å². The molecule has 3 rings (SSSR count). The minimum absolute atomic E-state index is 0.0632. The molecule has 5 nitrogen and oxygen atoms in total. The van der Waals surface area contributed by atoms with Gasteiger partial charge in [-0.05, 0) is 38.3 Å². The third-order valence-corrected chi connectivity index (χ3v) is 4.85. The summed E-state index contributed by atoms with van der Waals surface area (Å²) in [6.45, 7) is 4.89. The van der Waals surface area contributed by atoms with Gasteiger partial charge in [0.25, 0.3) is 11.5 Å². The lowest BCUT2D eigenvalue weighted by Gasteiger charge is -2.28. The third-order valence-electron chi connectivity index (χ3n) is 4.85. The SMILES string of the molecule is CC[C@@H]1CCCCCN1C(=O)c1cc(=O)n(-c2ccc(C)cc2)[nH]1. The van der Waals surface area contributed by atoms with Gasteiger partial charge in [-0.25, -0.2) is 4.68 Å². The molecule has 1 aliphatic heterocycles. The molecular weight excluding hydrogens is 302 g/mol. The van der Waals surface area contributed by atoms with Crippen molar-refractivity contribution < 1.29 is 4.79 Å². The van der Waals surface area contributed by atoms with Crippen LogP contribution in [0, 0.1) is 6.92 Å². The van der Waals surface area contributed by atoms with Gasteiger partial charge in [-0.2, -0.15) is 0 Å². The van der Waals surface area contributed by atoms with Crippen LogP contribution in [0.4, 0.5) is 0 Å². The molecule has 128 valence electrons. The minimum atomic E-state index is -0.204. The Morgan fingerprint density at radius 3 is 2.67 bits per heavy atom. The Hall–Kier alpha value is -2.30. The molecule has 0 spiro atoms. The number of carbonyl (C=O) groups excluding carboxylic acids is 1. The van der Waals surface area contributed by atoms with E-state index >= 15 is 0 Å². The maximum atomic E-state index is 12.9. The van der Waals surface area contributed by atoms with Gasteiger partial charge in [-0.1, -0.05) is 37.5 Å². The van der Waals surface area contributed by atoms with Crippen molar-refractivity contribution in [1.82, 2.24) is 14.7 Å². The molecule has 5 heteroatoms. The standard InChI is InChI=1S/C19H25N3O2/c1-3-15-7-5-4-6-12-21(15)19(24)17-13-18(23)22(20-17)16-10-8-14(2)9-11-16/h8-11,13,15,20H,3-7,12H2,1-2H3/t15-/m1/s1. The number of aryl methyl sites for hydroxylation is 1. The quantitative estimate of drug-likeness (QED) is 0.940. The fraction of sp³-hybridized carbons (Fsp3) is 0.474. The normalized spacial score (nSPS) is 18.4. The second-order valence-electron chi connectivity index (χ2n) is 6.59. The van der Waals surface area contributed by atoms with Crippen LogP contribution in [0.2, 0.25) is 0 Å². The molecular formula is C19H25N3O2. The van der Waals surface area contributed by atoms with E-state index in [0.29, 0.717) is 5.69 Å². The Morgan fingerprint density at radius 1 is 1.21 bits per heavy atom. The lowest BCUT2D eigenvalue weighted by atomic mass is 10.1. The van der Waals surface area contributed by atoms with Crippen molar-refractivity contribution in [2.24, 2.45) is 0 Å². The van der Waals surface area contributed by atoms with E-state index in [-0.39, 0.29) is 17.5 Å². The molecule has 0 radical (unpaired) electrons. The number of likely N-dealkylation sites (tertiary alicyclic amines) is 1. The maximum absolute atomic E-state index is 12.9. The summed E-state index contributed by atoms with van der Waals surface area (Å²) < 4.78 is 1.44. The van der Waals surface area contributed by atoms with Crippen molar-refractivity contribution in [2.75, 3.05) is 6.54 Å². The zero-order valence-corrected chi connectivity index (χ0v) is 14.4. The summed E-state index contributed by atoms with van der Waals surface area (Å²) >= 11 is 0. The number of aromatic amines is 1. The van der Waals surface area contributed by atoms with Gasteiger partial charge in [0.05, 0.1) is 5.69 Å². The molecule has 1 fully saturated rings. The second kappa shape index (κ2) is 7.07. The first-order chi connectivity index (χ1) is 11.6. The number of nitrogens with one attached hydrogen (secondary N) is 1. The molecule has 1 atom stereocenters. The van der Waals surface area contributed by atoms with E-state index < -0.39 is 0 Å².